The fourth-order valence-electron chi connectivity index (χ4n) is 3.32. The van der Waals surface area contributed by atoms with Crippen LogP contribution in [-0.4, -0.2) is 67.1 Å². The number of amides is 2. The third-order valence-corrected chi connectivity index (χ3v) is 5.27. The summed E-state index contributed by atoms with van der Waals surface area (Å²) in [5.41, 5.74) is 0. The lowest BCUT2D eigenvalue weighted by Crippen LogP contribution is -2.55. The van der Waals surface area contributed by atoms with Crippen LogP contribution >= 0.6 is 11.6 Å². The number of carbonyl (C=O) groups is 2. The molecule has 2 amide bonds. The van der Waals surface area contributed by atoms with Crippen molar-refractivity contribution in [3.8, 4) is 17.2 Å². The van der Waals surface area contributed by atoms with Crippen molar-refractivity contribution in [1.82, 2.24) is 9.80 Å². The summed E-state index contributed by atoms with van der Waals surface area (Å²) in [6.45, 7) is 1.54. The van der Waals surface area contributed by atoms with Gasteiger partial charge < -0.3 is 24.0 Å². The van der Waals surface area contributed by atoms with Crippen LogP contribution in [0.3, 0.4) is 0 Å². The van der Waals surface area contributed by atoms with Gasteiger partial charge in [0.25, 0.3) is 11.8 Å². The summed E-state index contributed by atoms with van der Waals surface area (Å²) in [5.74, 6) is 0.571. The molecule has 9 heteroatoms. The molecule has 0 saturated carbocycles. The second-order valence-corrected chi connectivity index (χ2v) is 7.34. The number of benzene rings is 2. The highest BCUT2D eigenvalue weighted by molar-refractivity contribution is 6.30. The number of rotatable bonds is 4. The first-order chi connectivity index (χ1) is 14.5. The molecule has 1 saturated heterocycles. The molecule has 1 fully saturated rings. The van der Waals surface area contributed by atoms with Crippen molar-refractivity contribution >= 4 is 23.4 Å². The normalized spacial score (nSPS) is 18.1. The molecular weight excluding hydrogens is 415 g/mol. The zero-order valence-corrected chi connectivity index (χ0v) is 16.8. The lowest BCUT2D eigenvalue weighted by Gasteiger charge is -2.37. The Morgan fingerprint density at radius 3 is 2.50 bits per heavy atom. The Bertz CT molecular complexity index is 949. The van der Waals surface area contributed by atoms with Gasteiger partial charge in [0.2, 0.25) is 6.10 Å². The summed E-state index contributed by atoms with van der Waals surface area (Å²) >= 11 is 5.71. The number of halogens is 2. The van der Waals surface area contributed by atoms with E-state index in [0.29, 0.717) is 43.4 Å². The van der Waals surface area contributed by atoms with Gasteiger partial charge in [-0.1, -0.05) is 23.7 Å². The van der Waals surface area contributed by atoms with Crippen molar-refractivity contribution in [1.29, 1.82) is 0 Å². The van der Waals surface area contributed by atoms with Gasteiger partial charge >= 0.3 is 0 Å². The van der Waals surface area contributed by atoms with Gasteiger partial charge in [-0.3, -0.25) is 9.59 Å². The van der Waals surface area contributed by atoms with Crippen molar-refractivity contribution in [2.24, 2.45) is 0 Å². The van der Waals surface area contributed by atoms with Gasteiger partial charge in [-0.25, -0.2) is 4.39 Å². The van der Waals surface area contributed by atoms with E-state index in [1.165, 1.54) is 18.2 Å². The van der Waals surface area contributed by atoms with Crippen LogP contribution in [0.25, 0.3) is 0 Å². The van der Waals surface area contributed by atoms with Crippen molar-refractivity contribution in [3.05, 3.63) is 53.3 Å². The zero-order chi connectivity index (χ0) is 21.1. The summed E-state index contributed by atoms with van der Waals surface area (Å²) in [6, 6.07) is 11.1. The van der Waals surface area contributed by atoms with Gasteiger partial charge in [0.1, 0.15) is 18.2 Å². The SMILES string of the molecule is O=C(COc1ccc(F)c(Cl)c1)N1CCN(C(=O)C2COc3ccccc3O2)CC1. The molecule has 1 unspecified atom stereocenters. The van der Waals surface area contributed by atoms with E-state index in [-0.39, 0.29) is 30.1 Å². The molecule has 2 aromatic carbocycles. The quantitative estimate of drug-likeness (QED) is 0.739. The van der Waals surface area contributed by atoms with E-state index in [4.69, 9.17) is 25.8 Å². The van der Waals surface area contributed by atoms with Crippen LogP contribution in [0, 0.1) is 5.82 Å². The Labute approximate surface area is 177 Å². The van der Waals surface area contributed by atoms with E-state index in [9.17, 15) is 14.0 Å². The first-order valence-corrected chi connectivity index (χ1v) is 9.92. The van der Waals surface area contributed by atoms with E-state index in [1.54, 1.807) is 21.9 Å². The predicted octanol–water partition coefficient (Wildman–Crippen LogP) is 2.37. The smallest absolute Gasteiger partial charge is 0.267 e. The highest BCUT2D eigenvalue weighted by Gasteiger charge is 2.33. The van der Waals surface area contributed by atoms with E-state index < -0.39 is 11.9 Å². The van der Waals surface area contributed by atoms with E-state index in [2.05, 4.69) is 0 Å². The van der Waals surface area contributed by atoms with E-state index in [1.807, 2.05) is 12.1 Å². The van der Waals surface area contributed by atoms with Crippen molar-refractivity contribution < 1.29 is 28.2 Å². The van der Waals surface area contributed by atoms with E-state index >= 15 is 0 Å². The molecule has 0 N–H and O–H groups in total. The average Bonchev–Trinajstić information content (AvgIpc) is 2.79. The topological polar surface area (TPSA) is 68.3 Å². The first kappa shape index (κ1) is 20.3. The van der Waals surface area contributed by atoms with Gasteiger partial charge in [-0.05, 0) is 24.3 Å². The number of piperazine rings is 1. The molecule has 2 heterocycles. The zero-order valence-electron chi connectivity index (χ0n) is 16.1. The number of para-hydroxylation sites is 2. The van der Waals surface area contributed by atoms with E-state index in [0.717, 1.165) is 0 Å². The molecule has 0 aromatic heterocycles. The fraction of sp³-hybridized carbons (Fsp3) is 0.333. The molecule has 7 nitrogen and oxygen atoms in total. The molecule has 0 aliphatic carbocycles. The number of carbonyl (C=O) groups excluding carboxylic acids is 2. The van der Waals surface area contributed by atoms with Gasteiger partial charge in [0.15, 0.2) is 18.1 Å². The lowest BCUT2D eigenvalue weighted by molar-refractivity contribution is -0.146. The largest absolute Gasteiger partial charge is 0.485 e. The van der Waals surface area contributed by atoms with Crippen LogP contribution in [0.5, 0.6) is 17.2 Å². The summed E-state index contributed by atoms with van der Waals surface area (Å²) in [5, 5.41) is -0.0661. The molecule has 1 atom stereocenters. The second kappa shape index (κ2) is 8.79. The maximum absolute atomic E-state index is 13.2. The Balaban J connectivity index is 1.25. The number of fused-ring (bicyclic) bond motifs is 1. The third-order valence-electron chi connectivity index (χ3n) is 4.98. The Hall–Kier alpha value is -3.00. The van der Waals surface area contributed by atoms with Crippen LogP contribution in [-0.2, 0) is 9.59 Å². The van der Waals surface area contributed by atoms with Crippen LogP contribution in [0.15, 0.2) is 42.5 Å². The number of hydrogen-bond acceptors (Lipinski definition) is 5. The van der Waals surface area contributed by atoms with Crippen LogP contribution in [0.2, 0.25) is 5.02 Å². The highest BCUT2D eigenvalue weighted by Crippen LogP contribution is 2.31. The van der Waals surface area contributed by atoms with Crippen molar-refractivity contribution in [2.45, 2.75) is 6.10 Å². The predicted molar refractivity (Wildman–Crippen MR) is 106 cm³/mol. The minimum absolute atomic E-state index is 0.0661. The van der Waals surface area contributed by atoms with Gasteiger partial charge in [0.05, 0.1) is 5.02 Å². The standard InChI is InChI=1S/C21H20ClFN2O5/c22-15-11-14(5-6-16(15)23)28-13-20(26)24-7-9-25(10-8-24)21(27)19-12-29-17-3-1-2-4-18(17)30-19/h1-6,11,19H,7-10,12-13H2. The summed E-state index contributed by atoms with van der Waals surface area (Å²) < 4.78 is 30.0. The second-order valence-electron chi connectivity index (χ2n) is 6.93. The molecular formula is C21H20ClFN2O5. The molecule has 2 aliphatic rings. The Morgan fingerprint density at radius 2 is 1.77 bits per heavy atom. The minimum atomic E-state index is -0.700. The maximum atomic E-state index is 13.2. The molecule has 0 radical (unpaired) electrons. The van der Waals surface area contributed by atoms with Gasteiger partial charge in [-0.15, -0.1) is 0 Å². The summed E-state index contributed by atoms with van der Waals surface area (Å²) in [4.78, 5) is 28.4. The third kappa shape index (κ3) is 4.43. The van der Waals surface area contributed by atoms with Crippen LogP contribution < -0.4 is 14.2 Å². The summed E-state index contributed by atoms with van der Waals surface area (Å²) in [6.07, 6.45) is -0.700. The van der Waals surface area contributed by atoms with Crippen LogP contribution in [0.4, 0.5) is 4.39 Å². The fourth-order valence-corrected chi connectivity index (χ4v) is 3.49. The first-order valence-electron chi connectivity index (χ1n) is 9.54. The van der Waals surface area contributed by atoms with Crippen molar-refractivity contribution in [2.75, 3.05) is 39.4 Å². The average molecular weight is 435 g/mol. The highest BCUT2D eigenvalue weighted by atomic mass is 35.5. The Kier molecular flexibility index (Phi) is 5.94. The molecule has 30 heavy (non-hydrogen) atoms. The monoisotopic (exact) mass is 434 g/mol. The molecule has 2 aliphatic heterocycles. The summed E-state index contributed by atoms with van der Waals surface area (Å²) in [7, 11) is 0. The molecule has 0 bridgehead atoms. The van der Waals surface area contributed by atoms with Gasteiger partial charge in [-0.2, -0.15) is 0 Å². The molecule has 0 spiro atoms. The molecule has 158 valence electrons. The molecule has 2 aromatic rings. The van der Waals surface area contributed by atoms with Crippen LogP contribution in [0.1, 0.15) is 0 Å². The van der Waals surface area contributed by atoms with Crippen molar-refractivity contribution in [3.63, 3.8) is 0 Å². The minimum Gasteiger partial charge on any atom is -0.485 e. The Morgan fingerprint density at radius 1 is 1.07 bits per heavy atom. The molecule has 4 rings (SSSR count). The number of ether oxygens (including phenoxy) is 3. The van der Waals surface area contributed by atoms with Gasteiger partial charge in [0, 0.05) is 32.2 Å². The maximum Gasteiger partial charge on any atom is 0.267 e. The number of nitrogens with zero attached hydrogens (tertiary/aromatic N) is 2. The lowest BCUT2D eigenvalue weighted by atomic mass is 10.2. The number of hydrogen-bond donors (Lipinski definition) is 0.